The molecule has 3 aromatic carbocycles. The number of carbonyl (C=O) groups is 3. The summed E-state index contributed by atoms with van der Waals surface area (Å²) in [5, 5.41) is 25.0. The van der Waals surface area contributed by atoms with Crippen LogP contribution in [0.2, 0.25) is 0 Å². The molecule has 1 unspecified atom stereocenters. The van der Waals surface area contributed by atoms with Crippen LogP contribution in [0.25, 0.3) is 5.76 Å². The predicted molar refractivity (Wildman–Crippen MR) is 132 cm³/mol. The topological polar surface area (TPSA) is 139 Å². The van der Waals surface area contributed by atoms with Crippen molar-refractivity contribution in [2.75, 3.05) is 17.3 Å². The highest BCUT2D eigenvalue weighted by Crippen LogP contribution is 2.43. The van der Waals surface area contributed by atoms with Crippen LogP contribution in [-0.2, 0) is 14.4 Å². The Morgan fingerprint density at radius 1 is 1.06 bits per heavy atom. The second-order valence-corrected chi connectivity index (χ2v) is 7.98. The van der Waals surface area contributed by atoms with Crippen molar-refractivity contribution in [3.05, 3.63) is 99.6 Å². The molecule has 2 amide bonds. The number of hydrogen-bond acceptors (Lipinski definition) is 7. The molecule has 0 aromatic heterocycles. The highest BCUT2D eigenvalue weighted by atomic mass is 16.6. The number of nitro groups is 1. The van der Waals surface area contributed by atoms with Crippen LogP contribution in [0.3, 0.4) is 0 Å². The van der Waals surface area contributed by atoms with E-state index in [0.717, 1.165) is 6.07 Å². The van der Waals surface area contributed by atoms with E-state index in [1.54, 1.807) is 48.5 Å². The van der Waals surface area contributed by atoms with Crippen LogP contribution >= 0.6 is 0 Å². The summed E-state index contributed by atoms with van der Waals surface area (Å²) in [6, 6.07) is 17.1. The van der Waals surface area contributed by atoms with Gasteiger partial charge in [-0.1, -0.05) is 24.3 Å². The zero-order valence-electron chi connectivity index (χ0n) is 19.3. The summed E-state index contributed by atoms with van der Waals surface area (Å²) in [5.74, 6) is -2.17. The number of ketones is 1. The largest absolute Gasteiger partial charge is 0.507 e. The molecule has 0 aliphatic carbocycles. The molecule has 182 valence electrons. The number of amides is 2. The first-order valence-corrected chi connectivity index (χ1v) is 10.8. The first kappa shape index (κ1) is 24.1. The number of anilines is 2. The highest BCUT2D eigenvalue weighted by molar-refractivity contribution is 6.51. The van der Waals surface area contributed by atoms with Crippen LogP contribution in [0.4, 0.5) is 17.1 Å². The van der Waals surface area contributed by atoms with Gasteiger partial charge in [-0.05, 0) is 42.0 Å². The number of nitro benzene ring substituents is 1. The summed E-state index contributed by atoms with van der Waals surface area (Å²) in [5.41, 5.74) is 0.844. The fourth-order valence-corrected chi connectivity index (χ4v) is 4.06. The molecule has 4 rings (SSSR count). The maximum absolute atomic E-state index is 13.2. The molecule has 0 bridgehead atoms. The average molecular weight is 487 g/mol. The van der Waals surface area contributed by atoms with Crippen molar-refractivity contribution in [1.82, 2.24) is 0 Å². The standard InChI is InChI=1S/C26H21N3O7/c1-15(30)27-18-9-11-19(12-10-18)28-23(16-5-4-8-21(14-16)36-2)22(25(32)26(28)33)24(31)17-6-3-7-20(13-17)29(34)35/h3-14,23,31H,1-2H3,(H,27,30)/b24-22-. The Morgan fingerprint density at radius 2 is 1.75 bits per heavy atom. The molecule has 10 nitrogen and oxygen atoms in total. The Labute approximate surface area is 205 Å². The van der Waals surface area contributed by atoms with Crippen molar-refractivity contribution < 1.29 is 29.2 Å². The summed E-state index contributed by atoms with van der Waals surface area (Å²) in [6.45, 7) is 1.36. The second kappa shape index (κ2) is 9.71. The first-order valence-electron chi connectivity index (χ1n) is 10.8. The van der Waals surface area contributed by atoms with Gasteiger partial charge < -0.3 is 15.2 Å². The summed E-state index contributed by atoms with van der Waals surface area (Å²) in [7, 11) is 1.47. The lowest BCUT2D eigenvalue weighted by molar-refractivity contribution is -0.384. The minimum Gasteiger partial charge on any atom is -0.507 e. The number of rotatable bonds is 6. The van der Waals surface area contributed by atoms with Gasteiger partial charge in [0.15, 0.2) is 0 Å². The highest BCUT2D eigenvalue weighted by Gasteiger charge is 2.47. The molecule has 1 fully saturated rings. The quantitative estimate of drug-likeness (QED) is 0.175. The second-order valence-electron chi connectivity index (χ2n) is 7.98. The van der Waals surface area contributed by atoms with Crippen LogP contribution in [0.1, 0.15) is 24.1 Å². The van der Waals surface area contributed by atoms with Gasteiger partial charge in [0.25, 0.3) is 17.4 Å². The van der Waals surface area contributed by atoms with Gasteiger partial charge in [-0.15, -0.1) is 0 Å². The molecule has 1 aliphatic heterocycles. The number of benzene rings is 3. The van der Waals surface area contributed by atoms with E-state index < -0.39 is 28.4 Å². The van der Waals surface area contributed by atoms with Crippen LogP contribution in [0.15, 0.2) is 78.4 Å². The van der Waals surface area contributed by atoms with Gasteiger partial charge in [-0.3, -0.25) is 29.4 Å². The molecular weight excluding hydrogens is 466 g/mol. The fraction of sp³-hybridized carbons (Fsp3) is 0.115. The zero-order valence-corrected chi connectivity index (χ0v) is 19.3. The van der Waals surface area contributed by atoms with E-state index in [9.17, 15) is 29.6 Å². The zero-order chi connectivity index (χ0) is 26.0. The van der Waals surface area contributed by atoms with Crippen LogP contribution in [0.5, 0.6) is 5.75 Å². The minimum absolute atomic E-state index is 0.0242. The smallest absolute Gasteiger partial charge is 0.300 e. The third-order valence-electron chi connectivity index (χ3n) is 5.65. The molecule has 0 radical (unpaired) electrons. The summed E-state index contributed by atoms with van der Waals surface area (Å²) < 4.78 is 5.30. The number of aliphatic hydroxyl groups excluding tert-OH is 1. The summed E-state index contributed by atoms with van der Waals surface area (Å²) >= 11 is 0. The monoisotopic (exact) mass is 487 g/mol. The number of methoxy groups -OCH3 is 1. The lowest BCUT2D eigenvalue weighted by Crippen LogP contribution is -2.29. The molecule has 1 atom stereocenters. The average Bonchev–Trinajstić information content (AvgIpc) is 3.14. The number of nitrogens with one attached hydrogen (secondary N) is 1. The third kappa shape index (κ3) is 4.51. The molecular formula is C26H21N3O7. The van der Waals surface area contributed by atoms with Crippen molar-refractivity contribution >= 4 is 40.4 Å². The predicted octanol–water partition coefficient (Wildman–Crippen LogP) is 4.19. The lowest BCUT2D eigenvalue weighted by Gasteiger charge is -2.26. The summed E-state index contributed by atoms with van der Waals surface area (Å²) in [4.78, 5) is 49.7. The van der Waals surface area contributed by atoms with E-state index in [-0.39, 0.29) is 22.7 Å². The van der Waals surface area contributed by atoms with Gasteiger partial charge in [0, 0.05) is 36.0 Å². The van der Waals surface area contributed by atoms with Gasteiger partial charge >= 0.3 is 0 Å². The molecule has 1 heterocycles. The fourth-order valence-electron chi connectivity index (χ4n) is 4.06. The third-order valence-corrected chi connectivity index (χ3v) is 5.65. The van der Waals surface area contributed by atoms with Gasteiger partial charge in [0.2, 0.25) is 5.91 Å². The van der Waals surface area contributed by atoms with E-state index >= 15 is 0 Å². The number of hydrogen-bond donors (Lipinski definition) is 2. The molecule has 36 heavy (non-hydrogen) atoms. The van der Waals surface area contributed by atoms with E-state index in [1.165, 1.54) is 37.1 Å². The van der Waals surface area contributed by atoms with E-state index in [2.05, 4.69) is 5.32 Å². The van der Waals surface area contributed by atoms with Gasteiger partial charge in [-0.2, -0.15) is 0 Å². The minimum atomic E-state index is -1.05. The summed E-state index contributed by atoms with van der Waals surface area (Å²) in [6.07, 6.45) is 0. The number of carbonyl (C=O) groups excluding carboxylic acids is 3. The Bertz CT molecular complexity index is 1410. The molecule has 10 heteroatoms. The van der Waals surface area contributed by atoms with Gasteiger partial charge in [-0.25, -0.2) is 0 Å². The Morgan fingerprint density at radius 3 is 2.39 bits per heavy atom. The first-order chi connectivity index (χ1) is 17.2. The number of non-ortho nitro benzene ring substituents is 1. The SMILES string of the molecule is COc1cccc(C2/C(=C(/O)c3cccc([N+](=O)[O-])c3)C(=O)C(=O)N2c2ccc(NC(C)=O)cc2)c1. The van der Waals surface area contributed by atoms with Crippen LogP contribution in [-0.4, -0.2) is 34.7 Å². The Kier molecular flexibility index (Phi) is 6.51. The maximum atomic E-state index is 13.2. The molecule has 3 aromatic rings. The van der Waals surface area contributed by atoms with Crippen molar-refractivity contribution in [2.45, 2.75) is 13.0 Å². The van der Waals surface area contributed by atoms with Crippen molar-refractivity contribution in [1.29, 1.82) is 0 Å². The van der Waals surface area contributed by atoms with Gasteiger partial charge in [0.1, 0.15) is 11.5 Å². The van der Waals surface area contributed by atoms with Crippen LogP contribution in [0, 0.1) is 10.1 Å². The molecule has 1 saturated heterocycles. The lowest BCUT2D eigenvalue weighted by atomic mass is 9.95. The van der Waals surface area contributed by atoms with E-state index in [4.69, 9.17) is 4.74 Å². The van der Waals surface area contributed by atoms with Crippen LogP contribution < -0.4 is 15.0 Å². The molecule has 0 saturated carbocycles. The normalized spacial score (nSPS) is 16.6. The maximum Gasteiger partial charge on any atom is 0.300 e. The van der Waals surface area contributed by atoms with Crippen molar-refractivity contribution in [3.8, 4) is 5.75 Å². The molecule has 0 spiro atoms. The van der Waals surface area contributed by atoms with Crippen molar-refractivity contribution in [3.63, 3.8) is 0 Å². The van der Waals surface area contributed by atoms with E-state index in [1.807, 2.05) is 0 Å². The Balaban J connectivity index is 1.90. The molecule has 2 N–H and O–H groups in total. The van der Waals surface area contributed by atoms with Gasteiger partial charge in [0.05, 0.1) is 23.6 Å². The number of Topliss-reactive ketones (excluding diaryl/α,β-unsaturated/α-hetero) is 1. The van der Waals surface area contributed by atoms with Crippen molar-refractivity contribution in [2.24, 2.45) is 0 Å². The number of aliphatic hydroxyl groups is 1. The Hall–Kier alpha value is -4.99. The van der Waals surface area contributed by atoms with E-state index in [0.29, 0.717) is 22.7 Å². The number of ether oxygens (including phenoxy) is 1. The molecule has 1 aliphatic rings. The number of nitrogens with zero attached hydrogens (tertiary/aromatic N) is 2.